The lowest BCUT2D eigenvalue weighted by atomic mass is 10.4. The molecule has 0 radical (unpaired) electrons. The van der Waals surface area contributed by atoms with E-state index in [4.69, 9.17) is 0 Å². The monoisotopic (exact) mass is 295 g/mol. The Labute approximate surface area is 118 Å². The van der Waals surface area contributed by atoms with Gasteiger partial charge >= 0.3 is 0 Å². The van der Waals surface area contributed by atoms with Crippen molar-refractivity contribution in [2.24, 2.45) is 0 Å². The molecule has 108 valence electrons. The third-order valence-electron chi connectivity index (χ3n) is 2.70. The molecule has 0 aromatic carbocycles. The minimum absolute atomic E-state index is 0.189. The van der Waals surface area contributed by atoms with Crippen molar-refractivity contribution in [2.45, 2.75) is 24.4 Å². The number of sulfonamides is 1. The van der Waals surface area contributed by atoms with Crippen LogP contribution in [0.1, 0.15) is 6.92 Å². The maximum atomic E-state index is 12.2. The average molecular weight is 295 g/mol. The number of anilines is 1. The summed E-state index contributed by atoms with van der Waals surface area (Å²) in [5, 5.41) is 2.81. The summed E-state index contributed by atoms with van der Waals surface area (Å²) in [5.41, 5.74) is 0. The van der Waals surface area contributed by atoms with Gasteiger partial charge in [-0.05, 0) is 13.0 Å². The van der Waals surface area contributed by atoms with Gasteiger partial charge in [0.15, 0.2) is 0 Å². The normalized spacial score (nSPS) is 13.1. The molecule has 0 saturated carbocycles. The highest BCUT2D eigenvalue weighted by atomic mass is 32.2. The van der Waals surface area contributed by atoms with Gasteiger partial charge in [-0.2, -0.15) is 0 Å². The number of imidazole rings is 1. The Morgan fingerprint density at radius 1 is 1.40 bits per heavy atom. The fraction of sp³-hybridized carbons (Fsp3) is 0.333. The van der Waals surface area contributed by atoms with E-state index in [1.165, 1.54) is 18.3 Å². The Kier molecular flexibility index (Phi) is 4.35. The topological polar surface area (TPSA) is 88.9 Å². The summed E-state index contributed by atoms with van der Waals surface area (Å²) in [6.45, 7) is 2.32. The van der Waals surface area contributed by atoms with E-state index in [1.54, 1.807) is 32.7 Å². The van der Waals surface area contributed by atoms with E-state index in [9.17, 15) is 8.42 Å². The Balaban J connectivity index is 2.10. The number of hydrogen-bond donors (Lipinski definition) is 2. The minimum Gasteiger partial charge on any atom is -0.373 e. The quantitative estimate of drug-likeness (QED) is 0.818. The zero-order valence-electron chi connectivity index (χ0n) is 11.3. The lowest BCUT2D eigenvalue weighted by molar-refractivity contribution is 0.520. The first-order chi connectivity index (χ1) is 9.51. The van der Waals surface area contributed by atoms with Crippen LogP contribution in [0.3, 0.4) is 0 Å². The van der Waals surface area contributed by atoms with Crippen molar-refractivity contribution in [3.05, 3.63) is 37.1 Å². The molecule has 0 aliphatic rings. The molecule has 0 aliphatic heterocycles. The second-order valence-electron chi connectivity index (χ2n) is 4.41. The fourth-order valence-electron chi connectivity index (χ4n) is 1.80. The van der Waals surface area contributed by atoms with Crippen molar-refractivity contribution in [3.63, 3.8) is 0 Å². The molecule has 2 heterocycles. The first-order valence-corrected chi connectivity index (χ1v) is 7.61. The molecule has 2 aromatic heterocycles. The zero-order valence-corrected chi connectivity index (χ0v) is 12.1. The molecule has 0 fully saturated rings. The molecule has 2 N–H and O–H groups in total. The van der Waals surface area contributed by atoms with Crippen LogP contribution in [0.2, 0.25) is 0 Å². The number of pyridine rings is 1. The first kappa shape index (κ1) is 14.5. The van der Waals surface area contributed by atoms with Gasteiger partial charge in [-0.15, -0.1) is 0 Å². The number of hydrogen-bond acceptors (Lipinski definition) is 5. The Morgan fingerprint density at radius 2 is 2.20 bits per heavy atom. The van der Waals surface area contributed by atoms with Crippen molar-refractivity contribution in [2.75, 3.05) is 12.4 Å². The van der Waals surface area contributed by atoms with Crippen LogP contribution in [-0.4, -0.2) is 36.0 Å². The average Bonchev–Trinajstić information content (AvgIpc) is 2.91. The third kappa shape index (κ3) is 3.55. The number of nitrogens with one attached hydrogen (secondary N) is 2. The molecular formula is C12H17N5O2S. The van der Waals surface area contributed by atoms with Gasteiger partial charge < -0.3 is 9.88 Å². The smallest absolute Gasteiger partial charge is 0.241 e. The van der Waals surface area contributed by atoms with Crippen LogP contribution in [0.15, 0.2) is 41.9 Å². The van der Waals surface area contributed by atoms with E-state index < -0.39 is 10.0 Å². The van der Waals surface area contributed by atoms with Crippen molar-refractivity contribution in [1.29, 1.82) is 0 Å². The van der Waals surface area contributed by atoms with Crippen molar-refractivity contribution >= 4 is 15.8 Å². The van der Waals surface area contributed by atoms with Crippen LogP contribution in [0.25, 0.3) is 0 Å². The van der Waals surface area contributed by atoms with E-state index in [2.05, 4.69) is 20.0 Å². The lowest BCUT2D eigenvalue weighted by Crippen LogP contribution is -2.35. The van der Waals surface area contributed by atoms with Crippen LogP contribution in [-0.2, 0) is 16.6 Å². The van der Waals surface area contributed by atoms with Crippen LogP contribution in [0.4, 0.5) is 5.82 Å². The second-order valence-corrected chi connectivity index (χ2v) is 6.12. The van der Waals surface area contributed by atoms with Gasteiger partial charge in [-0.1, -0.05) is 0 Å². The summed E-state index contributed by atoms with van der Waals surface area (Å²) >= 11 is 0. The Morgan fingerprint density at radius 3 is 2.85 bits per heavy atom. The number of nitrogens with zero attached hydrogens (tertiary/aromatic N) is 3. The molecule has 2 rings (SSSR count). The van der Waals surface area contributed by atoms with Crippen LogP contribution >= 0.6 is 0 Å². The van der Waals surface area contributed by atoms with E-state index >= 15 is 0 Å². The standard InChI is InChI=1S/C12H17N5O2S/c1-10(8-17-6-5-14-9-17)16-20(18,19)11-3-4-15-12(7-11)13-2/h3-7,9-10,16H,8H2,1-2H3,(H,13,15). The first-order valence-electron chi connectivity index (χ1n) is 6.13. The van der Waals surface area contributed by atoms with Gasteiger partial charge in [0.2, 0.25) is 10.0 Å². The molecule has 2 aromatic rings. The van der Waals surface area contributed by atoms with Gasteiger partial charge in [0.05, 0.1) is 11.2 Å². The Bertz CT molecular complexity index is 654. The van der Waals surface area contributed by atoms with E-state index in [0.717, 1.165) is 0 Å². The summed E-state index contributed by atoms with van der Waals surface area (Å²) in [6.07, 6.45) is 6.55. The molecule has 0 saturated heterocycles. The highest BCUT2D eigenvalue weighted by Crippen LogP contribution is 2.12. The van der Waals surface area contributed by atoms with Crippen LogP contribution in [0.5, 0.6) is 0 Å². The third-order valence-corrected chi connectivity index (χ3v) is 4.29. The van der Waals surface area contributed by atoms with Gasteiger partial charge in [-0.25, -0.2) is 23.1 Å². The maximum absolute atomic E-state index is 12.2. The molecule has 7 nitrogen and oxygen atoms in total. The van der Waals surface area contributed by atoms with Crippen molar-refractivity contribution in [1.82, 2.24) is 19.3 Å². The summed E-state index contributed by atoms with van der Waals surface area (Å²) < 4.78 is 28.9. The largest absolute Gasteiger partial charge is 0.373 e. The molecular weight excluding hydrogens is 278 g/mol. The van der Waals surface area contributed by atoms with Gasteiger partial charge in [0, 0.05) is 44.3 Å². The molecule has 20 heavy (non-hydrogen) atoms. The highest BCUT2D eigenvalue weighted by molar-refractivity contribution is 7.89. The number of rotatable bonds is 6. The van der Waals surface area contributed by atoms with E-state index in [1.807, 2.05) is 4.57 Å². The van der Waals surface area contributed by atoms with Crippen LogP contribution in [0, 0.1) is 0 Å². The molecule has 8 heteroatoms. The Hall–Kier alpha value is -1.93. The SMILES string of the molecule is CNc1cc(S(=O)(=O)NC(C)Cn2ccnc2)ccn1. The van der Waals surface area contributed by atoms with Gasteiger partial charge in [-0.3, -0.25) is 0 Å². The molecule has 0 spiro atoms. The van der Waals surface area contributed by atoms with Gasteiger partial charge in [0.25, 0.3) is 0 Å². The maximum Gasteiger partial charge on any atom is 0.241 e. The molecule has 0 aliphatic carbocycles. The lowest BCUT2D eigenvalue weighted by Gasteiger charge is -2.15. The van der Waals surface area contributed by atoms with Crippen molar-refractivity contribution < 1.29 is 8.42 Å². The highest BCUT2D eigenvalue weighted by Gasteiger charge is 2.18. The van der Waals surface area contributed by atoms with E-state index in [0.29, 0.717) is 12.4 Å². The summed E-state index contributed by atoms with van der Waals surface area (Å²) in [4.78, 5) is 8.11. The summed E-state index contributed by atoms with van der Waals surface area (Å²) in [7, 11) is -1.87. The second kappa shape index (κ2) is 6.02. The predicted octanol–water partition coefficient (Wildman–Crippen LogP) is 0.687. The molecule has 1 atom stereocenters. The summed E-state index contributed by atoms with van der Waals surface area (Å²) in [6, 6.07) is 2.71. The number of aromatic nitrogens is 3. The van der Waals surface area contributed by atoms with E-state index in [-0.39, 0.29) is 10.9 Å². The molecule has 1 unspecified atom stereocenters. The predicted molar refractivity (Wildman–Crippen MR) is 75.8 cm³/mol. The fourth-order valence-corrected chi connectivity index (χ4v) is 3.04. The molecule has 0 bridgehead atoms. The summed E-state index contributed by atoms with van der Waals surface area (Å²) in [5.74, 6) is 0.509. The van der Waals surface area contributed by atoms with Gasteiger partial charge in [0.1, 0.15) is 5.82 Å². The molecule has 0 amide bonds. The zero-order chi connectivity index (χ0) is 14.6. The van der Waals surface area contributed by atoms with Crippen LogP contribution < -0.4 is 10.0 Å². The van der Waals surface area contributed by atoms with Crippen molar-refractivity contribution in [3.8, 4) is 0 Å². The minimum atomic E-state index is -3.56.